The van der Waals surface area contributed by atoms with Gasteiger partial charge in [0, 0.05) is 38.5 Å². The Morgan fingerprint density at radius 1 is 0.407 bits per heavy atom. The van der Waals surface area contributed by atoms with Crippen molar-refractivity contribution in [3.63, 3.8) is 0 Å². The molecule has 8 aromatic carbocycles. The minimum Gasteiger partial charge on any atom is -0.455 e. The number of para-hydroxylation sites is 3. The first kappa shape index (κ1) is 30.7. The molecular formula is C50H35N3O. The van der Waals surface area contributed by atoms with E-state index in [1.807, 2.05) is 12.1 Å². The van der Waals surface area contributed by atoms with E-state index in [0.29, 0.717) is 0 Å². The van der Waals surface area contributed by atoms with Gasteiger partial charge in [0.25, 0.3) is 0 Å². The van der Waals surface area contributed by atoms with Crippen LogP contribution in [0, 0.1) is 0 Å². The van der Waals surface area contributed by atoms with Gasteiger partial charge in [-0.2, -0.15) is 0 Å². The zero-order valence-electron chi connectivity index (χ0n) is 29.4. The van der Waals surface area contributed by atoms with E-state index in [2.05, 4.69) is 197 Å². The molecule has 4 nitrogen and oxygen atoms in total. The topological polar surface area (TPSA) is 33.3 Å². The second kappa shape index (κ2) is 12.4. The number of anilines is 1. The number of hydrogen-bond acceptors (Lipinski definition) is 3. The van der Waals surface area contributed by atoms with Crippen LogP contribution >= 0.6 is 0 Å². The number of benzene rings is 8. The van der Waals surface area contributed by atoms with Crippen molar-refractivity contribution in [1.82, 2.24) is 9.88 Å². The quantitative estimate of drug-likeness (QED) is 0.188. The molecule has 1 N–H and O–H groups in total. The number of aromatic nitrogens is 1. The predicted molar refractivity (Wildman–Crippen MR) is 223 cm³/mol. The summed E-state index contributed by atoms with van der Waals surface area (Å²) in [7, 11) is 0. The van der Waals surface area contributed by atoms with E-state index in [1.165, 1.54) is 49.7 Å². The van der Waals surface area contributed by atoms with E-state index in [1.54, 1.807) is 0 Å². The minimum absolute atomic E-state index is 0.0348. The highest BCUT2D eigenvalue weighted by atomic mass is 16.3. The highest BCUT2D eigenvalue weighted by molar-refractivity contribution is 6.13. The second-order valence-corrected chi connectivity index (χ2v) is 14.2. The predicted octanol–water partition coefficient (Wildman–Crippen LogP) is 12.8. The summed E-state index contributed by atoms with van der Waals surface area (Å²) >= 11 is 0. The molecule has 11 rings (SSSR count). The Labute approximate surface area is 313 Å². The summed E-state index contributed by atoms with van der Waals surface area (Å²) in [6.07, 6.45) is 0.0953. The Kier molecular flexibility index (Phi) is 7.04. The number of fused-ring (bicyclic) bond motifs is 6. The van der Waals surface area contributed by atoms with Crippen LogP contribution in [0.4, 0.5) is 5.69 Å². The highest BCUT2D eigenvalue weighted by Gasteiger charge is 2.39. The summed E-state index contributed by atoms with van der Waals surface area (Å²) in [5.74, 6) is 0. The third kappa shape index (κ3) is 4.88. The molecule has 10 aromatic rings. The van der Waals surface area contributed by atoms with Crippen molar-refractivity contribution in [2.24, 2.45) is 0 Å². The van der Waals surface area contributed by atoms with Crippen molar-refractivity contribution in [3.8, 4) is 27.9 Å². The summed E-state index contributed by atoms with van der Waals surface area (Å²) in [5, 5.41) is 8.61. The molecule has 4 heteroatoms. The molecule has 54 heavy (non-hydrogen) atoms. The molecular weight excluding hydrogens is 659 g/mol. The molecule has 2 aromatic heterocycles. The lowest BCUT2D eigenvalue weighted by Crippen LogP contribution is -2.57. The lowest BCUT2D eigenvalue weighted by molar-refractivity contribution is 0.276. The molecule has 2 atom stereocenters. The highest BCUT2D eigenvalue weighted by Crippen LogP contribution is 2.44. The zero-order valence-corrected chi connectivity index (χ0v) is 29.4. The van der Waals surface area contributed by atoms with Gasteiger partial charge in [-0.15, -0.1) is 0 Å². The van der Waals surface area contributed by atoms with Crippen LogP contribution < -0.4 is 10.2 Å². The van der Waals surface area contributed by atoms with Crippen molar-refractivity contribution in [1.29, 1.82) is 0 Å². The molecule has 1 fully saturated rings. The lowest BCUT2D eigenvalue weighted by Gasteiger charge is -2.52. The van der Waals surface area contributed by atoms with Crippen LogP contribution in [0.3, 0.4) is 0 Å². The van der Waals surface area contributed by atoms with Gasteiger partial charge in [0.2, 0.25) is 0 Å². The van der Waals surface area contributed by atoms with Crippen molar-refractivity contribution in [2.45, 2.75) is 12.3 Å². The second-order valence-electron chi connectivity index (χ2n) is 14.2. The molecule has 0 spiro atoms. The lowest BCUT2D eigenvalue weighted by atomic mass is 9.96. The van der Waals surface area contributed by atoms with Gasteiger partial charge < -0.3 is 13.9 Å². The van der Waals surface area contributed by atoms with E-state index in [4.69, 9.17) is 4.42 Å². The fraction of sp³-hybridized carbons (Fsp3) is 0.0400. The van der Waals surface area contributed by atoms with Gasteiger partial charge in [0.1, 0.15) is 23.5 Å². The van der Waals surface area contributed by atoms with Crippen LogP contribution in [0.5, 0.6) is 0 Å². The molecule has 0 saturated carbocycles. The third-order valence-corrected chi connectivity index (χ3v) is 11.1. The van der Waals surface area contributed by atoms with Crippen LogP contribution in [0.15, 0.2) is 199 Å². The van der Waals surface area contributed by atoms with Gasteiger partial charge in [0.15, 0.2) is 0 Å². The Hall–Kier alpha value is -6.88. The van der Waals surface area contributed by atoms with Crippen molar-refractivity contribution in [2.75, 3.05) is 4.90 Å². The number of hydrogen-bond donors (Lipinski definition) is 1. The Morgan fingerprint density at radius 2 is 1.04 bits per heavy atom. The van der Waals surface area contributed by atoms with Gasteiger partial charge in [-0.05, 0) is 82.4 Å². The van der Waals surface area contributed by atoms with Gasteiger partial charge in [0.05, 0.1) is 11.0 Å². The Morgan fingerprint density at radius 3 is 1.89 bits per heavy atom. The summed E-state index contributed by atoms with van der Waals surface area (Å²) in [6, 6.07) is 69.6. The van der Waals surface area contributed by atoms with Crippen LogP contribution in [-0.2, 0) is 0 Å². The smallest absolute Gasteiger partial charge is 0.143 e. The first-order chi connectivity index (χ1) is 26.8. The fourth-order valence-electron chi connectivity index (χ4n) is 8.51. The maximum Gasteiger partial charge on any atom is 0.143 e. The molecule has 1 aliphatic rings. The van der Waals surface area contributed by atoms with E-state index in [-0.39, 0.29) is 12.3 Å². The molecule has 3 heterocycles. The maximum absolute atomic E-state index is 6.44. The third-order valence-electron chi connectivity index (χ3n) is 11.1. The SMILES string of the molecule is c1ccc(-c2cccc(C3NC(c4ccccc4)N3c3ccc(-n4c5ccccc5c5cc(-c6cccc7c6oc6ccccc67)ccc54)cc3)c2)cc1. The maximum atomic E-state index is 6.44. The average molecular weight is 694 g/mol. The van der Waals surface area contributed by atoms with Crippen molar-refractivity contribution in [3.05, 3.63) is 205 Å². The van der Waals surface area contributed by atoms with Crippen molar-refractivity contribution < 1.29 is 4.42 Å². The molecule has 1 saturated heterocycles. The largest absolute Gasteiger partial charge is 0.455 e. The summed E-state index contributed by atoms with van der Waals surface area (Å²) < 4.78 is 8.83. The van der Waals surface area contributed by atoms with Crippen LogP contribution in [-0.4, -0.2) is 4.57 Å². The normalized spacial score (nSPS) is 15.7. The molecule has 1 aliphatic heterocycles. The number of rotatable bonds is 6. The fourth-order valence-corrected chi connectivity index (χ4v) is 8.51. The van der Waals surface area contributed by atoms with Gasteiger partial charge in [-0.1, -0.05) is 140 Å². The number of nitrogens with one attached hydrogen (secondary N) is 1. The van der Waals surface area contributed by atoms with Crippen LogP contribution in [0.1, 0.15) is 23.5 Å². The summed E-state index contributed by atoms with van der Waals surface area (Å²) in [4.78, 5) is 2.50. The molecule has 0 aliphatic carbocycles. The van der Waals surface area contributed by atoms with Crippen LogP contribution in [0.2, 0.25) is 0 Å². The Bertz CT molecular complexity index is 2980. The van der Waals surface area contributed by atoms with Gasteiger partial charge >= 0.3 is 0 Å². The van der Waals surface area contributed by atoms with E-state index in [9.17, 15) is 0 Å². The number of nitrogens with zero attached hydrogens (tertiary/aromatic N) is 2. The standard InChI is InChI=1S/C50H35N3O/c1-3-13-33(14-4-1)35-17-11-18-37(31-35)50-51-49(34-15-5-2-6-16-34)53(50)39-28-26-38(27-29-39)52-45-23-9-7-19-41(45)44-32-36(25-30-46(44)52)40-21-12-22-43-42-20-8-10-24-47(42)54-48(40)43/h1-32,49-51H. The molecule has 0 amide bonds. The van der Waals surface area contributed by atoms with Gasteiger partial charge in [-0.3, -0.25) is 5.32 Å². The molecule has 2 unspecified atom stereocenters. The summed E-state index contributed by atoms with van der Waals surface area (Å²) in [5.41, 5.74) is 13.7. The monoisotopic (exact) mass is 693 g/mol. The average Bonchev–Trinajstić information content (AvgIpc) is 3.77. The minimum atomic E-state index is 0.0348. The van der Waals surface area contributed by atoms with Crippen molar-refractivity contribution >= 4 is 49.4 Å². The molecule has 256 valence electrons. The van der Waals surface area contributed by atoms with Crippen LogP contribution in [0.25, 0.3) is 71.7 Å². The first-order valence-corrected chi connectivity index (χ1v) is 18.6. The Balaban J connectivity index is 0.992. The van der Waals surface area contributed by atoms with E-state index in [0.717, 1.165) is 38.8 Å². The first-order valence-electron chi connectivity index (χ1n) is 18.6. The zero-order chi connectivity index (χ0) is 35.6. The molecule has 0 bridgehead atoms. The van der Waals surface area contributed by atoms with E-state index < -0.39 is 0 Å². The summed E-state index contributed by atoms with van der Waals surface area (Å²) in [6.45, 7) is 0. The molecule has 0 radical (unpaired) electrons. The van der Waals surface area contributed by atoms with E-state index >= 15 is 0 Å². The van der Waals surface area contributed by atoms with Gasteiger partial charge in [-0.25, -0.2) is 0 Å². The number of furan rings is 1.